The van der Waals surface area contributed by atoms with E-state index in [1.54, 1.807) is 6.07 Å². The molecule has 0 heterocycles. The topological polar surface area (TPSA) is 29.3 Å². The first kappa shape index (κ1) is 11.1. The Morgan fingerprint density at radius 1 is 1.43 bits per heavy atom. The van der Waals surface area contributed by atoms with Crippen LogP contribution in [0.15, 0.2) is 24.3 Å². The molecule has 0 saturated heterocycles. The Balaban J connectivity index is 3.12. The first-order chi connectivity index (χ1) is 6.50. The third-order valence-corrected chi connectivity index (χ3v) is 2.83. The van der Waals surface area contributed by atoms with Gasteiger partial charge >= 0.3 is 0 Å². The van der Waals surface area contributed by atoms with Gasteiger partial charge in [0.05, 0.1) is 5.54 Å². The fourth-order valence-corrected chi connectivity index (χ4v) is 1.38. The highest BCUT2D eigenvalue weighted by molar-refractivity contribution is 5.24. The van der Waals surface area contributed by atoms with Gasteiger partial charge in [-0.3, -0.25) is 4.90 Å². The van der Waals surface area contributed by atoms with Crippen molar-refractivity contribution in [2.45, 2.75) is 12.5 Å². The van der Waals surface area contributed by atoms with E-state index in [9.17, 15) is 4.39 Å². The van der Waals surface area contributed by atoms with Gasteiger partial charge in [0.2, 0.25) is 0 Å². The maximum absolute atomic E-state index is 13.0. The molecule has 1 aromatic carbocycles. The van der Waals surface area contributed by atoms with Crippen molar-refractivity contribution in [3.8, 4) is 0 Å². The molecular weight excluding hydrogens is 179 g/mol. The molecule has 1 unspecified atom stereocenters. The highest BCUT2D eigenvalue weighted by atomic mass is 19.1. The van der Waals surface area contributed by atoms with Gasteiger partial charge in [-0.2, -0.15) is 0 Å². The minimum atomic E-state index is -0.303. The Morgan fingerprint density at radius 2 is 2.07 bits per heavy atom. The summed E-state index contributed by atoms with van der Waals surface area (Å²) < 4.78 is 13.0. The van der Waals surface area contributed by atoms with E-state index in [4.69, 9.17) is 5.73 Å². The Bertz CT molecular complexity index is 312. The fourth-order valence-electron chi connectivity index (χ4n) is 1.38. The second-order valence-corrected chi connectivity index (χ2v) is 3.88. The van der Waals surface area contributed by atoms with Crippen LogP contribution in [0.2, 0.25) is 0 Å². The number of halogens is 1. The maximum atomic E-state index is 13.0. The van der Waals surface area contributed by atoms with Gasteiger partial charge < -0.3 is 5.73 Å². The number of hydrogen-bond donors (Lipinski definition) is 1. The lowest BCUT2D eigenvalue weighted by molar-refractivity contribution is 0.182. The summed E-state index contributed by atoms with van der Waals surface area (Å²) in [6.45, 7) is 2.46. The van der Waals surface area contributed by atoms with Crippen LogP contribution in [-0.2, 0) is 5.54 Å². The summed E-state index contributed by atoms with van der Waals surface area (Å²) in [6, 6.07) is 6.58. The van der Waals surface area contributed by atoms with Crippen molar-refractivity contribution in [3.05, 3.63) is 35.6 Å². The van der Waals surface area contributed by atoms with E-state index in [1.165, 1.54) is 12.1 Å². The molecule has 0 bridgehead atoms. The molecule has 0 aliphatic rings. The van der Waals surface area contributed by atoms with Gasteiger partial charge in [0, 0.05) is 6.54 Å². The molecule has 1 rings (SSSR count). The van der Waals surface area contributed by atoms with Crippen molar-refractivity contribution >= 4 is 0 Å². The zero-order valence-corrected chi connectivity index (χ0v) is 8.92. The molecule has 1 atom stereocenters. The lowest BCUT2D eigenvalue weighted by atomic mass is 9.91. The summed E-state index contributed by atoms with van der Waals surface area (Å²) in [7, 11) is 3.88. The van der Waals surface area contributed by atoms with Crippen LogP contribution in [0, 0.1) is 5.82 Å². The summed E-state index contributed by atoms with van der Waals surface area (Å²) in [4.78, 5) is 2.00. The highest BCUT2D eigenvalue weighted by Crippen LogP contribution is 2.24. The number of nitrogens with zero attached hydrogens (tertiary/aromatic N) is 1. The molecule has 0 saturated carbocycles. The van der Waals surface area contributed by atoms with Gasteiger partial charge in [-0.15, -0.1) is 0 Å². The number of hydrogen-bond acceptors (Lipinski definition) is 2. The molecule has 0 aromatic heterocycles. The Hall–Kier alpha value is -0.930. The Morgan fingerprint density at radius 3 is 2.50 bits per heavy atom. The average molecular weight is 196 g/mol. The number of likely N-dealkylation sites (N-methyl/N-ethyl adjacent to an activating group) is 1. The van der Waals surface area contributed by atoms with Gasteiger partial charge in [0.25, 0.3) is 0 Å². The van der Waals surface area contributed by atoms with Crippen LogP contribution in [-0.4, -0.2) is 25.5 Å². The van der Waals surface area contributed by atoms with Gasteiger partial charge in [0.15, 0.2) is 0 Å². The molecule has 78 valence electrons. The van der Waals surface area contributed by atoms with E-state index in [-0.39, 0.29) is 11.4 Å². The molecule has 1 aromatic rings. The molecule has 0 aliphatic carbocycles. The van der Waals surface area contributed by atoms with Crippen molar-refractivity contribution in [1.82, 2.24) is 4.90 Å². The third-order valence-electron chi connectivity index (χ3n) is 2.83. The molecular formula is C11H17FN2. The minimum absolute atomic E-state index is 0.218. The van der Waals surface area contributed by atoms with Crippen molar-refractivity contribution in [2.24, 2.45) is 5.73 Å². The molecule has 14 heavy (non-hydrogen) atoms. The SMILES string of the molecule is CN(C)C(C)(CN)c1cccc(F)c1. The van der Waals surface area contributed by atoms with Crippen molar-refractivity contribution in [2.75, 3.05) is 20.6 Å². The number of benzene rings is 1. The molecule has 2 N–H and O–H groups in total. The van der Waals surface area contributed by atoms with E-state index in [0.29, 0.717) is 6.54 Å². The smallest absolute Gasteiger partial charge is 0.123 e. The van der Waals surface area contributed by atoms with Crippen molar-refractivity contribution < 1.29 is 4.39 Å². The van der Waals surface area contributed by atoms with Crippen LogP contribution in [0.25, 0.3) is 0 Å². The van der Waals surface area contributed by atoms with Gasteiger partial charge in [-0.05, 0) is 38.7 Å². The summed E-state index contributed by atoms with van der Waals surface area (Å²) >= 11 is 0. The number of rotatable bonds is 3. The van der Waals surface area contributed by atoms with Gasteiger partial charge in [-0.1, -0.05) is 12.1 Å². The second kappa shape index (κ2) is 4.07. The van der Waals surface area contributed by atoms with Crippen LogP contribution < -0.4 is 5.73 Å². The van der Waals surface area contributed by atoms with Crippen LogP contribution in [0.5, 0.6) is 0 Å². The number of nitrogens with two attached hydrogens (primary N) is 1. The maximum Gasteiger partial charge on any atom is 0.123 e. The standard InChI is InChI=1S/C11H17FN2/c1-11(8-13,14(2)3)9-5-4-6-10(12)7-9/h4-7H,8,13H2,1-3H3. The van der Waals surface area contributed by atoms with E-state index in [2.05, 4.69) is 0 Å². The molecule has 0 fully saturated rings. The average Bonchev–Trinajstić information content (AvgIpc) is 2.16. The predicted molar refractivity (Wildman–Crippen MR) is 56.5 cm³/mol. The predicted octanol–water partition coefficient (Wildman–Crippen LogP) is 1.56. The van der Waals surface area contributed by atoms with Crippen LogP contribution in [0.3, 0.4) is 0 Å². The Labute approximate surface area is 84.5 Å². The van der Waals surface area contributed by atoms with Crippen LogP contribution >= 0.6 is 0 Å². The molecule has 0 amide bonds. The normalized spacial score (nSPS) is 15.6. The van der Waals surface area contributed by atoms with E-state index in [0.717, 1.165) is 5.56 Å². The van der Waals surface area contributed by atoms with Gasteiger partial charge in [-0.25, -0.2) is 4.39 Å². The lowest BCUT2D eigenvalue weighted by Gasteiger charge is -2.35. The van der Waals surface area contributed by atoms with Crippen molar-refractivity contribution in [1.29, 1.82) is 0 Å². The third kappa shape index (κ3) is 1.94. The molecule has 0 radical (unpaired) electrons. The largest absolute Gasteiger partial charge is 0.328 e. The van der Waals surface area contributed by atoms with E-state index in [1.807, 2.05) is 32.0 Å². The minimum Gasteiger partial charge on any atom is -0.328 e. The quantitative estimate of drug-likeness (QED) is 0.795. The molecule has 0 aliphatic heterocycles. The fraction of sp³-hybridized carbons (Fsp3) is 0.455. The summed E-state index contributed by atoms with van der Waals surface area (Å²) in [5.74, 6) is -0.218. The van der Waals surface area contributed by atoms with E-state index >= 15 is 0 Å². The summed E-state index contributed by atoms with van der Waals surface area (Å²) in [6.07, 6.45) is 0. The molecule has 0 spiro atoms. The summed E-state index contributed by atoms with van der Waals surface area (Å²) in [5, 5.41) is 0. The molecule has 3 heteroatoms. The monoisotopic (exact) mass is 196 g/mol. The first-order valence-corrected chi connectivity index (χ1v) is 4.64. The molecule has 2 nitrogen and oxygen atoms in total. The van der Waals surface area contributed by atoms with E-state index < -0.39 is 0 Å². The highest BCUT2D eigenvalue weighted by Gasteiger charge is 2.27. The zero-order chi connectivity index (χ0) is 10.8. The Kier molecular flexibility index (Phi) is 3.24. The van der Waals surface area contributed by atoms with Crippen molar-refractivity contribution in [3.63, 3.8) is 0 Å². The summed E-state index contributed by atoms with van der Waals surface area (Å²) in [5.41, 5.74) is 6.33. The van der Waals surface area contributed by atoms with Crippen LogP contribution in [0.1, 0.15) is 12.5 Å². The lowest BCUT2D eigenvalue weighted by Crippen LogP contribution is -2.44. The zero-order valence-electron chi connectivity index (χ0n) is 8.92. The second-order valence-electron chi connectivity index (χ2n) is 3.88. The van der Waals surface area contributed by atoms with Gasteiger partial charge in [0.1, 0.15) is 5.82 Å². The first-order valence-electron chi connectivity index (χ1n) is 4.64. The van der Waals surface area contributed by atoms with Crippen LogP contribution in [0.4, 0.5) is 4.39 Å².